The number of anilines is 2. The molecule has 0 fully saturated rings. The molecule has 0 amide bonds. The van der Waals surface area contributed by atoms with E-state index in [2.05, 4.69) is 0 Å². The van der Waals surface area contributed by atoms with Gasteiger partial charge < -0.3 is 14.4 Å². The molecular formula is C21H23Cl2NO4. The van der Waals surface area contributed by atoms with Gasteiger partial charge in [-0.25, -0.2) is 9.59 Å². The zero-order chi connectivity index (χ0) is 20.5. The number of rotatable bonds is 9. The number of halogens is 2. The van der Waals surface area contributed by atoms with E-state index in [1.54, 1.807) is 53.4 Å². The predicted octanol–water partition coefficient (Wildman–Crippen LogP) is 5.41. The van der Waals surface area contributed by atoms with Crippen molar-refractivity contribution < 1.29 is 19.1 Å². The van der Waals surface area contributed by atoms with E-state index in [1.165, 1.54) is 0 Å². The van der Waals surface area contributed by atoms with E-state index in [-0.39, 0.29) is 13.2 Å². The van der Waals surface area contributed by atoms with Gasteiger partial charge in [0.25, 0.3) is 0 Å². The molecule has 5 nitrogen and oxygen atoms in total. The van der Waals surface area contributed by atoms with Crippen LogP contribution in [0.4, 0.5) is 11.4 Å². The molecule has 150 valence electrons. The molecular weight excluding hydrogens is 401 g/mol. The van der Waals surface area contributed by atoms with Crippen molar-refractivity contribution in [1.29, 1.82) is 0 Å². The van der Waals surface area contributed by atoms with Gasteiger partial charge in [-0.2, -0.15) is 0 Å². The number of ether oxygens (including phenoxy) is 2. The van der Waals surface area contributed by atoms with Crippen molar-refractivity contribution >= 4 is 46.5 Å². The maximum absolute atomic E-state index is 12.8. The van der Waals surface area contributed by atoms with Crippen LogP contribution < -0.4 is 4.90 Å². The normalized spacial score (nSPS) is 10.6. The van der Waals surface area contributed by atoms with Crippen molar-refractivity contribution in [3.63, 3.8) is 0 Å². The molecule has 0 unspecified atom stereocenters. The molecule has 0 aliphatic rings. The second-order valence-corrected chi connectivity index (χ2v) is 6.93. The van der Waals surface area contributed by atoms with Gasteiger partial charge in [-0.1, -0.05) is 37.0 Å². The Morgan fingerprint density at radius 2 is 1.14 bits per heavy atom. The number of hydrogen-bond acceptors (Lipinski definition) is 5. The fourth-order valence-corrected chi connectivity index (χ4v) is 2.77. The Morgan fingerprint density at radius 3 is 1.46 bits per heavy atom. The minimum absolute atomic E-state index is 0.214. The molecule has 0 saturated carbocycles. The molecule has 2 rings (SSSR count). The summed E-state index contributed by atoms with van der Waals surface area (Å²) in [4.78, 5) is 27.2. The quantitative estimate of drug-likeness (QED) is 0.398. The van der Waals surface area contributed by atoms with Crippen LogP contribution in [0.25, 0.3) is 0 Å². The van der Waals surface area contributed by atoms with E-state index in [1.807, 2.05) is 13.8 Å². The van der Waals surface area contributed by atoms with Gasteiger partial charge in [-0.3, -0.25) is 0 Å². The van der Waals surface area contributed by atoms with E-state index < -0.39 is 18.0 Å². The summed E-state index contributed by atoms with van der Waals surface area (Å²) in [6.45, 7) is 4.19. The largest absolute Gasteiger partial charge is 0.464 e. The fourth-order valence-electron chi connectivity index (χ4n) is 2.52. The third-order valence-electron chi connectivity index (χ3n) is 3.81. The van der Waals surface area contributed by atoms with Gasteiger partial charge in [0, 0.05) is 21.4 Å². The molecule has 2 aromatic carbocycles. The van der Waals surface area contributed by atoms with Crippen LogP contribution in [-0.2, 0) is 19.1 Å². The number of esters is 2. The molecule has 0 N–H and O–H groups in total. The molecule has 0 radical (unpaired) electrons. The zero-order valence-corrected chi connectivity index (χ0v) is 17.4. The SMILES string of the molecule is CCCOC(=O)C(C(=O)OCCC)N(c1ccc(Cl)cc1)c1ccc(Cl)cc1. The third kappa shape index (κ3) is 5.88. The Kier molecular flexibility index (Phi) is 8.61. The van der Waals surface area contributed by atoms with Crippen molar-refractivity contribution in [1.82, 2.24) is 0 Å². The summed E-state index contributed by atoms with van der Waals surface area (Å²) in [6, 6.07) is 12.4. The molecule has 0 heterocycles. The first-order valence-electron chi connectivity index (χ1n) is 9.11. The van der Waals surface area contributed by atoms with Gasteiger partial charge in [-0.15, -0.1) is 0 Å². The summed E-state index contributed by atoms with van der Waals surface area (Å²) < 4.78 is 10.6. The highest BCUT2D eigenvalue weighted by molar-refractivity contribution is 6.31. The second-order valence-electron chi connectivity index (χ2n) is 6.06. The summed E-state index contributed by atoms with van der Waals surface area (Å²) in [5.74, 6) is -1.35. The summed E-state index contributed by atoms with van der Waals surface area (Å²) in [5.41, 5.74) is 1.19. The van der Waals surface area contributed by atoms with Crippen molar-refractivity contribution in [2.75, 3.05) is 18.1 Å². The Labute approximate surface area is 175 Å². The summed E-state index contributed by atoms with van der Waals surface area (Å²) >= 11 is 12.0. The molecule has 0 atom stereocenters. The maximum Gasteiger partial charge on any atom is 0.340 e. The Morgan fingerprint density at radius 1 is 0.786 bits per heavy atom. The highest BCUT2D eigenvalue weighted by Gasteiger charge is 2.37. The van der Waals surface area contributed by atoms with Crippen LogP contribution in [0.2, 0.25) is 10.0 Å². The standard InChI is InChI=1S/C21H23Cl2NO4/c1-3-13-27-20(25)19(21(26)28-14-4-2)24(17-9-5-15(22)6-10-17)18-11-7-16(23)8-12-18/h5-12,19H,3-4,13-14H2,1-2H3. The number of nitrogens with zero attached hydrogens (tertiary/aromatic N) is 1. The van der Waals surface area contributed by atoms with Crippen LogP contribution in [0.1, 0.15) is 26.7 Å². The van der Waals surface area contributed by atoms with Gasteiger partial charge in [0.05, 0.1) is 13.2 Å². The van der Waals surface area contributed by atoms with E-state index in [0.717, 1.165) is 0 Å². The van der Waals surface area contributed by atoms with Crippen LogP contribution in [0, 0.1) is 0 Å². The molecule has 7 heteroatoms. The fraction of sp³-hybridized carbons (Fsp3) is 0.333. The number of hydrogen-bond donors (Lipinski definition) is 0. The topological polar surface area (TPSA) is 55.8 Å². The molecule has 0 aromatic heterocycles. The molecule has 0 spiro atoms. The van der Waals surface area contributed by atoms with Crippen LogP contribution in [0.3, 0.4) is 0 Å². The average molecular weight is 424 g/mol. The van der Waals surface area contributed by atoms with Gasteiger partial charge in [0.15, 0.2) is 0 Å². The lowest BCUT2D eigenvalue weighted by Gasteiger charge is -2.31. The van der Waals surface area contributed by atoms with Crippen molar-refractivity contribution in [3.8, 4) is 0 Å². The van der Waals surface area contributed by atoms with Gasteiger partial charge in [-0.05, 0) is 61.4 Å². The van der Waals surface area contributed by atoms with Crippen molar-refractivity contribution in [2.45, 2.75) is 32.7 Å². The van der Waals surface area contributed by atoms with Crippen LogP contribution in [0.5, 0.6) is 0 Å². The third-order valence-corrected chi connectivity index (χ3v) is 4.32. The molecule has 0 aliphatic carbocycles. The minimum atomic E-state index is -1.29. The summed E-state index contributed by atoms with van der Waals surface area (Å²) in [5, 5.41) is 1.08. The first-order chi connectivity index (χ1) is 13.5. The lowest BCUT2D eigenvalue weighted by molar-refractivity contribution is -0.156. The molecule has 0 aliphatic heterocycles. The first kappa shape index (κ1) is 22.1. The number of carbonyl (C=O) groups excluding carboxylic acids is 2. The summed E-state index contributed by atoms with van der Waals surface area (Å²) in [6.07, 6.45) is 1.29. The smallest absolute Gasteiger partial charge is 0.340 e. The van der Waals surface area contributed by atoms with E-state index in [0.29, 0.717) is 34.3 Å². The first-order valence-corrected chi connectivity index (χ1v) is 9.87. The average Bonchev–Trinajstić information content (AvgIpc) is 2.70. The van der Waals surface area contributed by atoms with Crippen LogP contribution in [-0.4, -0.2) is 31.2 Å². The Bertz CT molecular complexity index is 712. The second kappa shape index (κ2) is 10.9. The molecule has 2 aromatic rings. The minimum Gasteiger partial charge on any atom is -0.464 e. The Balaban J connectivity index is 2.52. The lowest BCUT2D eigenvalue weighted by atomic mass is 10.1. The van der Waals surface area contributed by atoms with E-state index >= 15 is 0 Å². The lowest BCUT2D eigenvalue weighted by Crippen LogP contribution is -2.46. The Hall–Kier alpha value is -2.24. The van der Waals surface area contributed by atoms with Crippen LogP contribution in [0.15, 0.2) is 48.5 Å². The van der Waals surface area contributed by atoms with Crippen LogP contribution >= 0.6 is 23.2 Å². The van der Waals surface area contributed by atoms with Crippen molar-refractivity contribution in [3.05, 3.63) is 58.6 Å². The highest BCUT2D eigenvalue weighted by atomic mass is 35.5. The summed E-state index contributed by atoms with van der Waals surface area (Å²) in [7, 11) is 0. The zero-order valence-electron chi connectivity index (χ0n) is 15.9. The monoisotopic (exact) mass is 423 g/mol. The maximum atomic E-state index is 12.8. The molecule has 28 heavy (non-hydrogen) atoms. The molecule has 0 saturated heterocycles. The predicted molar refractivity (Wildman–Crippen MR) is 111 cm³/mol. The van der Waals surface area contributed by atoms with E-state index in [4.69, 9.17) is 32.7 Å². The highest BCUT2D eigenvalue weighted by Crippen LogP contribution is 2.31. The van der Waals surface area contributed by atoms with Gasteiger partial charge >= 0.3 is 11.9 Å². The van der Waals surface area contributed by atoms with E-state index in [9.17, 15) is 9.59 Å². The van der Waals surface area contributed by atoms with Gasteiger partial charge in [0.1, 0.15) is 0 Å². The molecule has 0 bridgehead atoms. The van der Waals surface area contributed by atoms with Crippen molar-refractivity contribution in [2.24, 2.45) is 0 Å². The number of benzene rings is 2. The number of carbonyl (C=O) groups is 2. The van der Waals surface area contributed by atoms with Gasteiger partial charge in [0.2, 0.25) is 6.04 Å².